The minimum absolute atomic E-state index is 0.170. The van der Waals surface area contributed by atoms with E-state index in [4.69, 9.17) is 18.9 Å². The lowest BCUT2D eigenvalue weighted by Crippen LogP contribution is -2.37. The molecule has 0 spiro atoms. The molecule has 0 fully saturated rings. The summed E-state index contributed by atoms with van der Waals surface area (Å²) < 4.78 is 48.2. The second-order valence-corrected chi connectivity index (χ2v) is 9.37. The monoisotopic (exact) mass is 551 g/mol. The van der Waals surface area contributed by atoms with Crippen molar-refractivity contribution >= 4 is 12.1 Å². The van der Waals surface area contributed by atoms with Crippen LogP contribution in [0.2, 0.25) is 0 Å². The van der Waals surface area contributed by atoms with Crippen molar-refractivity contribution in [2.24, 2.45) is 0 Å². The Kier molecular flexibility index (Phi) is 13.0. The van der Waals surface area contributed by atoms with Crippen LogP contribution in [-0.2, 0) is 16.0 Å². The molecule has 216 valence electrons. The molecule has 1 atom stereocenters. The first kappa shape index (κ1) is 31.8. The smallest absolute Gasteiger partial charge is 0.415 e. The maximum absolute atomic E-state index is 13.1. The molecule has 0 aliphatic rings. The van der Waals surface area contributed by atoms with Gasteiger partial charge in [0, 0.05) is 26.0 Å². The molecule has 10 heteroatoms. The average Bonchev–Trinajstić information content (AvgIpc) is 2.87. The quantitative estimate of drug-likeness (QED) is 0.236. The Hall–Kier alpha value is -3.40. The number of amides is 1. The van der Waals surface area contributed by atoms with E-state index in [2.05, 4.69) is 0 Å². The largest absolute Gasteiger partial charge is 0.493 e. The Labute approximate surface area is 228 Å². The van der Waals surface area contributed by atoms with E-state index in [-0.39, 0.29) is 26.0 Å². The highest BCUT2D eigenvalue weighted by Gasteiger charge is 2.21. The zero-order chi connectivity index (χ0) is 28.8. The first-order valence-electron chi connectivity index (χ1n) is 13.1. The molecule has 2 aromatic rings. The number of hydrogen-bond acceptors (Lipinski definition) is 6. The van der Waals surface area contributed by atoms with E-state index in [1.807, 2.05) is 13.0 Å². The second kappa shape index (κ2) is 15.9. The number of nitrogens with zero attached hydrogens (tertiary/aromatic N) is 1. The van der Waals surface area contributed by atoms with Crippen LogP contribution >= 0.6 is 0 Å². The molecule has 0 radical (unpaired) electrons. The molecule has 1 N–H and O–H groups in total. The van der Waals surface area contributed by atoms with Crippen molar-refractivity contribution in [3.8, 4) is 17.2 Å². The highest BCUT2D eigenvalue weighted by Crippen LogP contribution is 2.28. The summed E-state index contributed by atoms with van der Waals surface area (Å²) in [5.41, 5.74) is 1.69. The fourth-order valence-electron chi connectivity index (χ4n) is 3.86. The van der Waals surface area contributed by atoms with E-state index in [1.54, 1.807) is 43.3 Å². The van der Waals surface area contributed by atoms with E-state index in [9.17, 15) is 23.5 Å². The molecule has 8 nitrogen and oxygen atoms in total. The number of carbonyl (C=O) groups is 2. The first-order chi connectivity index (χ1) is 18.5. The van der Waals surface area contributed by atoms with Crippen molar-refractivity contribution in [2.75, 3.05) is 33.4 Å². The fraction of sp³-hybridized carbons (Fsp3) is 0.517. The third kappa shape index (κ3) is 11.9. The second-order valence-electron chi connectivity index (χ2n) is 9.37. The van der Waals surface area contributed by atoms with Crippen molar-refractivity contribution in [3.63, 3.8) is 0 Å². The molecule has 0 saturated carbocycles. The number of carboxylic acids is 1. The lowest BCUT2D eigenvalue weighted by atomic mass is 10.1. The van der Waals surface area contributed by atoms with Crippen LogP contribution in [-0.4, -0.2) is 67.5 Å². The van der Waals surface area contributed by atoms with Crippen LogP contribution in [0.15, 0.2) is 42.5 Å². The molecule has 0 aliphatic carbocycles. The molecule has 2 rings (SSSR count). The number of ether oxygens (including phenoxy) is 4. The Bertz CT molecular complexity index is 1040. The van der Waals surface area contributed by atoms with E-state index < -0.39 is 24.1 Å². The van der Waals surface area contributed by atoms with Gasteiger partial charge in [-0.05, 0) is 69.0 Å². The Morgan fingerprint density at radius 2 is 1.74 bits per heavy atom. The van der Waals surface area contributed by atoms with Gasteiger partial charge < -0.3 is 29.0 Å². The van der Waals surface area contributed by atoms with Gasteiger partial charge in [0.25, 0.3) is 0 Å². The minimum Gasteiger partial charge on any atom is -0.493 e. The molecule has 0 saturated heterocycles. The first-order valence-corrected chi connectivity index (χ1v) is 13.1. The molecular weight excluding hydrogens is 512 g/mol. The summed E-state index contributed by atoms with van der Waals surface area (Å²) in [6.07, 6.45) is -0.0408. The summed E-state index contributed by atoms with van der Waals surface area (Å²) in [5, 5.41) is 9.26. The Morgan fingerprint density at radius 3 is 2.36 bits per heavy atom. The van der Waals surface area contributed by atoms with Crippen LogP contribution in [0, 0.1) is 6.92 Å². The van der Waals surface area contributed by atoms with Crippen LogP contribution in [0.4, 0.5) is 13.6 Å². The Balaban J connectivity index is 1.98. The number of halogens is 2. The van der Waals surface area contributed by atoms with E-state index >= 15 is 0 Å². The number of rotatable bonds is 17. The normalized spacial score (nSPS) is 12.1. The Morgan fingerprint density at radius 1 is 1.03 bits per heavy atom. The van der Waals surface area contributed by atoms with Gasteiger partial charge in [0.05, 0.1) is 13.7 Å². The summed E-state index contributed by atoms with van der Waals surface area (Å²) in [4.78, 5) is 25.8. The van der Waals surface area contributed by atoms with Gasteiger partial charge in [-0.3, -0.25) is 0 Å². The van der Waals surface area contributed by atoms with Gasteiger partial charge in [-0.15, -0.1) is 0 Å². The van der Waals surface area contributed by atoms with E-state index in [0.717, 1.165) is 18.1 Å². The van der Waals surface area contributed by atoms with Gasteiger partial charge >= 0.3 is 12.1 Å². The number of methoxy groups -OCH3 is 1. The predicted molar refractivity (Wildman–Crippen MR) is 143 cm³/mol. The number of aryl methyl sites for hydroxylation is 1. The lowest BCUT2D eigenvalue weighted by molar-refractivity contribution is -0.149. The molecule has 0 bridgehead atoms. The van der Waals surface area contributed by atoms with Gasteiger partial charge in [0.15, 0.2) is 17.6 Å². The third-order valence-corrected chi connectivity index (χ3v) is 5.94. The molecular formula is C29H39F2NO7. The molecule has 39 heavy (non-hydrogen) atoms. The highest BCUT2D eigenvalue weighted by molar-refractivity contribution is 5.73. The molecule has 0 heterocycles. The molecule has 0 aromatic heterocycles. The summed E-state index contributed by atoms with van der Waals surface area (Å²) in [7, 11) is 1.49. The molecule has 2 aromatic carbocycles. The number of benzene rings is 2. The number of alkyl halides is 2. The average molecular weight is 552 g/mol. The van der Waals surface area contributed by atoms with Crippen molar-refractivity contribution in [1.82, 2.24) is 4.90 Å². The van der Waals surface area contributed by atoms with Crippen LogP contribution in [0.1, 0.15) is 50.7 Å². The zero-order valence-electron chi connectivity index (χ0n) is 23.1. The summed E-state index contributed by atoms with van der Waals surface area (Å²) in [5.74, 6) is -2.45. The highest BCUT2D eigenvalue weighted by atomic mass is 19.3. The maximum atomic E-state index is 13.1. The van der Waals surface area contributed by atoms with Crippen LogP contribution < -0.4 is 14.2 Å². The van der Waals surface area contributed by atoms with Gasteiger partial charge in [-0.1, -0.05) is 24.6 Å². The zero-order valence-corrected chi connectivity index (χ0v) is 23.1. The predicted octanol–water partition coefficient (Wildman–Crippen LogP) is 6.13. The maximum Gasteiger partial charge on any atom is 0.415 e. The minimum atomic E-state index is -2.71. The fourth-order valence-corrected chi connectivity index (χ4v) is 3.86. The topological polar surface area (TPSA) is 94.5 Å². The molecule has 1 unspecified atom stereocenters. The number of aliphatic carboxylic acids is 1. The van der Waals surface area contributed by atoms with Crippen molar-refractivity contribution < 1.29 is 42.4 Å². The van der Waals surface area contributed by atoms with Crippen molar-refractivity contribution in [2.45, 2.75) is 64.9 Å². The lowest BCUT2D eigenvalue weighted by Gasteiger charge is -2.23. The van der Waals surface area contributed by atoms with Crippen LogP contribution in [0.3, 0.4) is 0 Å². The molecule has 1 amide bonds. The van der Waals surface area contributed by atoms with E-state index in [0.29, 0.717) is 49.7 Å². The molecule has 0 aliphatic heterocycles. The van der Waals surface area contributed by atoms with Gasteiger partial charge in [-0.2, -0.15) is 0 Å². The SMILES string of the molecule is CCOC(Cc1ccc(OCCN(CCCCCC(C)(F)F)C(=O)Oc2cc(C)ccc2OC)cc1)C(=O)O. The number of hydrogen-bond donors (Lipinski definition) is 1. The standard InChI is InChI=1S/C29H39F2NO7/c1-5-37-26(27(33)34)20-22-10-12-23(13-11-22)38-18-17-32(16-8-6-7-15-29(3,30)31)28(35)39-25-19-21(2)9-14-24(25)36-4/h9-14,19,26H,5-8,15-18,20H2,1-4H3,(H,33,34). The van der Waals surface area contributed by atoms with Crippen LogP contribution in [0.25, 0.3) is 0 Å². The number of carbonyl (C=O) groups excluding carboxylic acids is 1. The van der Waals surface area contributed by atoms with Crippen molar-refractivity contribution in [3.05, 3.63) is 53.6 Å². The third-order valence-electron chi connectivity index (χ3n) is 5.94. The number of unbranched alkanes of at least 4 members (excludes halogenated alkanes) is 2. The summed E-state index contributed by atoms with van der Waals surface area (Å²) in [6, 6.07) is 12.3. The van der Waals surface area contributed by atoms with Gasteiger partial charge in [0.1, 0.15) is 12.4 Å². The van der Waals surface area contributed by atoms with Crippen LogP contribution in [0.5, 0.6) is 17.2 Å². The summed E-state index contributed by atoms with van der Waals surface area (Å²) in [6.45, 7) is 5.52. The number of carboxylic acid groups (broad SMARTS) is 1. The van der Waals surface area contributed by atoms with Gasteiger partial charge in [0.2, 0.25) is 5.92 Å². The summed E-state index contributed by atoms with van der Waals surface area (Å²) >= 11 is 0. The van der Waals surface area contributed by atoms with E-state index in [1.165, 1.54) is 12.0 Å². The van der Waals surface area contributed by atoms with Crippen molar-refractivity contribution in [1.29, 1.82) is 0 Å². The van der Waals surface area contributed by atoms with Gasteiger partial charge in [-0.25, -0.2) is 18.4 Å².